The number of carbonyl (C=O) groups excluding carboxylic acids is 1. The van der Waals surface area contributed by atoms with Gasteiger partial charge >= 0.3 is 0 Å². The lowest BCUT2D eigenvalue weighted by molar-refractivity contribution is -0.120. The highest BCUT2D eigenvalue weighted by atomic mass is 32.2. The number of fused-ring (bicyclic) bond motifs is 1. The van der Waals surface area contributed by atoms with Gasteiger partial charge in [0, 0.05) is 25.0 Å². The van der Waals surface area contributed by atoms with Crippen LogP contribution < -0.4 is 5.32 Å². The van der Waals surface area contributed by atoms with Crippen molar-refractivity contribution in [2.45, 2.75) is 32.4 Å². The van der Waals surface area contributed by atoms with E-state index in [4.69, 9.17) is 0 Å². The normalized spacial score (nSPS) is 24.3. The molecule has 1 aromatic rings. The summed E-state index contributed by atoms with van der Waals surface area (Å²) in [6.07, 6.45) is 3.14. The molecule has 1 saturated carbocycles. The molecule has 120 valence electrons. The van der Waals surface area contributed by atoms with Gasteiger partial charge in [0.05, 0.1) is 11.8 Å². The monoisotopic (exact) mass is 322 g/mol. The molecule has 1 N–H and O–H groups in total. The van der Waals surface area contributed by atoms with Crippen LogP contribution in [-0.4, -0.2) is 43.8 Å². The molecule has 0 radical (unpaired) electrons. The minimum Gasteiger partial charge on any atom is -0.324 e. The van der Waals surface area contributed by atoms with Gasteiger partial charge < -0.3 is 5.32 Å². The molecule has 2 aliphatic rings. The molecular formula is C16H22N2O3S. The van der Waals surface area contributed by atoms with Gasteiger partial charge in [-0.15, -0.1) is 0 Å². The molecule has 1 aromatic carbocycles. The average molecular weight is 322 g/mol. The molecule has 3 rings (SSSR count). The number of nitrogens with one attached hydrogen (secondary N) is 1. The van der Waals surface area contributed by atoms with Crippen LogP contribution in [0.3, 0.4) is 0 Å². The topological polar surface area (TPSA) is 66.5 Å². The summed E-state index contributed by atoms with van der Waals surface area (Å²) in [7, 11) is -3.00. The summed E-state index contributed by atoms with van der Waals surface area (Å²) in [5, 5.41) is 2.96. The van der Waals surface area contributed by atoms with Crippen LogP contribution in [0.4, 0.5) is 5.69 Å². The van der Waals surface area contributed by atoms with Crippen molar-refractivity contribution in [2.75, 3.05) is 23.9 Å². The third kappa shape index (κ3) is 3.33. The predicted octanol–water partition coefficient (Wildman–Crippen LogP) is 1.65. The number of carbonyl (C=O) groups is 1. The lowest BCUT2D eigenvalue weighted by Crippen LogP contribution is -2.43. The maximum Gasteiger partial charge on any atom is 0.241 e. The Morgan fingerprint density at radius 3 is 2.64 bits per heavy atom. The standard InChI is InChI=1S/C16H22N2O3S/c1-12-15(19)17-14-6-4-3-5-13(14)9-18(12)10-16(7-8-16)11-22(2,20)21/h3-6,12H,7-11H2,1-2H3,(H,17,19)/t12-/m0/s1. The fourth-order valence-electron chi connectivity index (χ4n) is 3.24. The van der Waals surface area contributed by atoms with Gasteiger partial charge in [-0.2, -0.15) is 0 Å². The molecule has 0 unspecified atom stereocenters. The minimum atomic E-state index is -3.00. The summed E-state index contributed by atoms with van der Waals surface area (Å²) in [6, 6.07) is 7.53. The lowest BCUT2D eigenvalue weighted by atomic mass is 10.1. The summed E-state index contributed by atoms with van der Waals surface area (Å²) < 4.78 is 23.3. The molecule has 0 saturated heterocycles. The Bertz CT molecular complexity index is 695. The first-order chi connectivity index (χ1) is 10.3. The van der Waals surface area contributed by atoms with Crippen molar-refractivity contribution >= 4 is 21.4 Å². The van der Waals surface area contributed by atoms with E-state index >= 15 is 0 Å². The Kier molecular flexibility index (Phi) is 3.77. The summed E-state index contributed by atoms with van der Waals surface area (Å²) in [6.45, 7) is 3.21. The molecule has 1 aliphatic carbocycles. The number of rotatable bonds is 4. The number of para-hydroxylation sites is 1. The fourth-order valence-corrected chi connectivity index (χ4v) is 4.74. The summed E-state index contributed by atoms with van der Waals surface area (Å²) in [4.78, 5) is 14.4. The van der Waals surface area contributed by atoms with Crippen LogP contribution in [0.1, 0.15) is 25.3 Å². The third-order valence-corrected chi connectivity index (χ3v) is 5.78. The first kappa shape index (κ1) is 15.5. The van der Waals surface area contributed by atoms with Gasteiger partial charge in [0.2, 0.25) is 5.91 Å². The van der Waals surface area contributed by atoms with Crippen LogP contribution in [0.2, 0.25) is 0 Å². The molecule has 1 atom stereocenters. The highest BCUT2D eigenvalue weighted by molar-refractivity contribution is 7.90. The average Bonchev–Trinajstić information content (AvgIpc) is 3.17. The van der Waals surface area contributed by atoms with Crippen LogP contribution in [0.15, 0.2) is 24.3 Å². The SMILES string of the molecule is C[C@H]1C(=O)Nc2ccccc2CN1CC1(CS(C)(=O)=O)CC1. The quantitative estimate of drug-likeness (QED) is 0.915. The fraction of sp³-hybridized carbons (Fsp3) is 0.562. The van der Waals surface area contributed by atoms with Crippen LogP contribution in [0.25, 0.3) is 0 Å². The van der Waals surface area contributed by atoms with E-state index in [0.717, 1.165) is 24.1 Å². The smallest absolute Gasteiger partial charge is 0.241 e. The zero-order valence-corrected chi connectivity index (χ0v) is 13.8. The molecule has 0 spiro atoms. The number of amides is 1. The second-order valence-corrected chi connectivity index (χ2v) is 8.94. The van der Waals surface area contributed by atoms with Gasteiger partial charge in [0.1, 0.15) is 9.84 Å². The molecule has 5 nitrogen and oxygen atoms in total. The molecular weight excluding hydrogens is 300 g/mol. The second kappa shape index (κ2) is 5.35. The molecule has 1 fully saturated rings. The number of benzene rings is 1. The second-order valence-electron chi connectivity index (χ2n) is 6.80. The van der Waals surface area contributed by atoms with Gasteiger partial charge in [0.25, 0.3) is 0 Å². The van der Waals surface area contributed by atoms with Gasteiger partial charge in [0.15, 0.2) is 0 Å². The molecule has 1 heterocycles. The van der Waals surface area contributed by atoms with Crippen molar-refractivity contribution < 1.29 is 13.2 Å². The molecule has 0 bridgehead atoms. The van der Waals surface area contributed by atoms with Crippen LogP contribution >= 0.6 is 0 Å². The first-order valence-electron chi connectivity index (χ1n) is 7.59. The molecule has 0 aromatic heterocycles. The summed E-state index contributed by atoms with van der Waals surface area (Å²) in [5.41, 5.74) is 1.77. The Morgan fingerprint density at radius 1 is 1.32 bits per heavy atom. The first-order valence-corrected chi connectivity index (χ1v) is 9.65. The van der Waals surface area contributed by atoms with Gasteiger partial charge in [-0.25, -0.2) is 8.42 Å². The summed E-state index contributed by atoms with van der Waals surface area (Å²) in [5.74, 6) is 0.187. The largest absolute Gasteiger partial charge is 0.324 e. The van der Waals surface area contributed by atoms with Crippen LogP contribution in [0.5, 0.6) is 0 Å². The Labute approximate surface area is 131 Å². The van der Waals surface area contributed by atoms with Crippen molar-refractivity contribution in [3.8, 4) is 0 Å². The van der Waals surface area contributed by atoms with E-state index in [1.807, 2.05) is 31.2 Å². The van der Waals surface area contributed by atoms with Gasteiger partial charge in [-0.05, 0) is 36.8 Å². The van der Waals surface area contributed by atoms with E-state index < -0.39 is 9.84 Å². The number of anilines is 1. The Morgan fingerprint density at radius 2 is 2.00 bits per heavy atom. The Hall–Kier alpha value is -1.40. The van der Waals surface area contributed by atoms with E-state index in [1.165, 1.54) is 6.26 Å². The van der Waals surface area contributed by atoms with Crippen LogP contribution in [-0.2, 0) is 21.2 Å². The Balaban J connectivity index is 1.82. The van der Waals surface area contributed by atoms with Crippen molar-refractivity contribution in [2.24, 2.45) is 5.41 Å². The molecule has 1 aliphatic heterocycles. The lowest BCUT2D eigenvalue weighted by Gasteiger charge is -2.29. The maximum absolute atomic E-state index is 12.3. The van der Waals surface area contributed by atoms with Crippen molar-refractivity contribution in [3.63, 3.8) is 0 Å². The maximum atomic E-state index is 12.3. The zero-order chi connectivity index (χ0) is 16.0. The molecule has 6 heteroatoms. The molecule has 22 heavy (non-hydrogen) atoms. The number of nitrogens with zero attached hydrogens (tertiary/aromatic N) is 1. The van der Waals surface area contributed by atoms with Crippen molar-refractivity contribution in [1.82, 2.24) is 4.90 Å². The molecule has 1 amide bonds. The number of sulfone groups is 1. The number of hydrogen-bond donors (Lipinski definition) is 1. The van der Waals surface area contributed by atoms with Crippen molar-refractivity contribution in [3.05, 3.63) is 29.8 Å². The zero-order valence-electron chi connectivity index (χ0n) is 13.0. The van der Waals surface area contributed by atoms with Crippen LogP contribution in [0, 0.1) is 5.41 Å². The summed E-state index contributed by atoms with van der Waals surface area (Å²) >= 11 is 0. The third-order valence-electron chi connectivity index (χ3n) is 4.64. The van der Waals surface area contributed by atoms with Gasteiger partial charge in [-0.1, -0.05) is 18.2 Å². The van der Waals surface area contributed by atoms with E-state index in [-0.39, 0.29) is 23.1 Å². The van der Waals surface area contributed by atoms with E-state index in [9.17, 15) is 13.2 Å². The van der Waals surface area contributed by atoms with E-state index in [0.29, 0.717) is 13.1 Å². The van der Waals surface area contributed by atoms with Gasteiger partial charge in [-0.3, -0.25) is 9.69 Å². The van der Waals surface area contributed by atoms with E-state index in [2.05, 4.69) is 10.2 Å². The highest BCUT2D eigenvalue weighted by Crippen LogP contribution is 2.48. The highest BCUT2D eigenvalue weighted by Gasteiger charge is 2.47. The number of hydrogen-bond acceptors (Lipinski definition) is 4. The van der Waals surface area contributed by atoms with E-state index in [1.54, 1.807) is 0 Å². The predicted molar refractivity (Wildman–Crippen MR) is 86.3 cm³/mol. The minimum absolute atomic E-state index is 0.0277. The van der Waals surface area contributed by atoms with Crippen molar-refractivity contribution in [1.29, 1.82) is 0 Å².